The van der Waals surface area contributed by atoms with E-state index < -0.39 is 37.0 Å². The molecular formula is C46H48F6N10O4. The highest BCUT2D eigenvalue weighted by Crippen LogP contribution is 2.33. The minimum absolute atomic E-state index is 0.114. The van der Waals surface area contributed by atoms with Gasteiger partial charge in [0.2, 0.25) is 0 Å². The first-order valence-corrected chi connectivity index (χ1v) is 21.3. The summed E-state index contributed by atoms with van der Waals surface area (Å²) in [6.07, 6.45) is -6.30. The van der Waals surface area contributed by atoms with Gasteiger partial charge in [0.25, 0.3) is 0 Å². The Morgan fingerprint density at radius 1 is 0.606 bits per heavy atom. The normalized spacial score (nSPS) is 16.4. The molecule has 2 aromatic carbocycles. The third-order valence-electron chi connectivity index (χ3n) is 11.3. The van der Waals surface area contributed by atoms with Gasteiger partial charge >= 0.3 is 24.8 Å². The van der Waals surface area contributed by atoms with Crippen molar-refractivity contribution in [1.82, 2.24) is 39.7 Å². The quantitative estimate of drug-likeness (QED) is 0.141. The maximum atomic E-state index is 12.6. The predicted molar refractivity (Wildman–Crippen MR) is 236 cm³/mol. The van der Waals surface area contributed by atoms with Crippen molar-refractivity contribution in [2.75, 3.05) is 36.8 Å². The second-order valence-corrected chi connectivity index (χ2v) is 16.1. The van der Waals surface area contributed by atoms with Crippen molar-refractivity contribution >= 4 is 45.5 Å². The van der Waals surface area contributed by atoms with Crippen LogP contribution >= 0.6 is 0 Å². The molecule has 8 rings (SSSR count). The minimum Gasteiger partial charge on any atom is -0.322 e. The van der Waals surface area contributed by atoms with E-state index in [1.807, 2.05) is 77.9 Å². The predicted octanol–water partition coefficient (Wildman–Crippen LogP) is 10.0. The number of halogens is 6. The van der Waals surface area contributed by atoms with Crippen LogP contribution in [0, 0.1) is 27.7 Å². The molecule has 0 radical (unpaired) electrons. The Kier molecular flexibility index (Phi) is 14.0. The number of hydrogen-bond donors (Lipinski definition) is 2. The average molecular weight is 919 g/mol. The first-order chi connectivity index (χ1) is 31.2. The van der Waals surface area contributed by atoms with E-state index in [9.17, 15) is 35.9 Å². The lowest BCUT2D eigenvalue weighted by Crippen LogP contribution is -2.35. The largest absolute Gasteiger partial charge is 0.522 e. The van der Waals surface area contributed by atoms with Gasteiger partial charge in [0, 0.05) is 96.1 Å². The second-order valence-electron chi connectivity index (χ2n) is 16.1. The van der Waals surface area contributed by atoms with E-state index in [1.165, 1.54) is 9.80 Å². The van der Waals surface area contributed by atoms with Crippen LogP contribution in [-0.2, 0) is 22.3 Å². The molecule has 66 heavy (non-hydrogen) atoms. The Morgan fingerprint density at radius 2 is 1.00 bits per heavy atom. The first kappa shape index (κ1) is 47.4. The fraction of sp³-hybridized carbons (Fsp3) is 0.391. The SMILES string of the molecule is CCc1ncc2cc(-c3cc(NC(=O)N4CC[C@@H](OC(F)(F)F)C4)ccc3C)c(C)nc2n1.CCc1ncc2cc(-c3cc(NC(=O)N4CC[C@H](OC(F)(F)F)C4)ccc3C)c(C)nc2n1. The molecule has 2 aliphatic heterocycles. The Hall–Kier alpha value is -6.54. The molecule has 2 fully saturated rings. The maximum absolute atomic E-state index is 12.6. The van der Waals surface area contributed by atoms with E-state index >= 15 is 0 Å². The lowest BCUT2D eigenvalue weighted by molar-refractivity contribution is -0.341. The Morgan fingerprint density at radius 3 is 1.36 bits per heavy atom. The van der Waals surface area contributed by atoms with Gasteiger partial charge < -0.3 is 20.4 Å². The van der Waals surface area contributed by atoms with Gasteiger partial charge in [-0.2, -0.15) is 0 Å². The van der Waals surface area contributed by atoms with Crippen LogP contribution in [0.3, 0.4) is 0 Å². The molecule has 0 unspecified atom stereocenters. The number of nitrogens with zero attached hydrogens (tertiary/aromatic N) is 8. The number of ether oxygens (including phenoxy) is 2. The van der Waals surface area contributed by atoms with Gasteiger partial charge in [0.15, 0.2) is 11.3 Å². The van der Waals surface area contributed by atoms with Crippen LogP contribution in [0.5, 0.6) is 0 Å². The molecular weight excluding hydrogens is 871 g/mol. The summed E-state index contributed by atoms with van der Waals surface area (Å²) in [6, 6.07) is 14.0. The van der Waals surface area contributed by atoms with Gasteiger partial charge in [-0.05, 0) is 99.2 Å². The van der Waals surface area contributed by atoms with Crippen LogP contribution in [0.25, 0.3) is 44.3 Å². The molecule has 20 heteroatoms. The number of fused-ring (bicyclic) bond motifs is 2. The van der Waals surface area contributed by atoms with Crippen LogP contribution < -0.4 is 10.6 Å². The van der Waals surface area contributed by atoms with Crippen molar-refractivity contribution in [2.45, 2.75) is 92.2 Å². The van der Waals surface area contributed by atoms with Gasteiger partial charge in [-0.15, -0.1) is 26.3 Å². The zero-order chi connectivity index (χ0) is 47.5. The van der Waals surface area contributed by atoms with Crippen molar-refractivity contribution < 1.29 is 45.4 Å². The monoisotopic (exact) mass is 918 g/mol. The number of urea groups is 2. The molecule has 6 aromatic rings. The van der Waals surface area contributed by atoms with E-state index in [1.54, 1.807) is 24.5 Å². The van der Waals surface area contributed by atoms with E-state index in [0.717, 1.165) is 80.0 Å². The third kappa shape index (κ3) is 11.6. The summed E-state index contributed by atoms with van der Waals surface area (Å²) in [4.78, 5) is 54.8. The number of hydrogen-bond acceptors (Lipinski definition) is 10. The lowest BCUT2D eigenvalue weighted by atomic mass is 9.98. The van der Waals surface area contributed by atoms with Crippen molar-refractivity contribution in [1.29, 1.82) is 0 Å². The van der Waals surface area contributed by atoms with Crippen molar-refractivity contribution in [2.24, 2.45) is 0 Å². The zero-order valence-corrected chi connectivity index (χ0v) is 37.1. The molecule has 348 valence electrons. The summed E-state index contributed by atoms with van der Waals surface area (Å²) >= 11 is 0. The number of aryl methyl sites for hydroxylation is 6. The summed E-state index contributed by atoms with van der Waals surface area (Å²) in [5.41, 5.74) is 9.47. The summed E-state index contributed by atoms with van der Waals surface area (Å²) in [6.45, 7) is 11.8. The highest BCUT2D eigenvalue weighted by atomic mass is 19.4. The molecule has 2 N–H and O–H groups in total. The van der Waals surface area contributed by atoms with Gasteiger partial charge in [0.1, 0.15) is 11.6 Å². The minimum atomic E-state index is -4.71. The fourth-order valence-corrected chi connectivity index (χ4v) is 7.84. The number of amides is 4. The average Bonchev–Trinajstić information content (AvgIpc) is 3.93. The fourth-order valence-electron chi connectivity index (χ4n) is 7.84. The molecule has 4 amide bonds. The van der Waals surface area contributed by atoms with E-state index in [2.05, 4.69) is 50.0 Å². The highest BCUT2D eigenvalue weighted by molar-refractivity contribution is 5.93. The number of alkyl halides is 6. The van der Waals surface area contributed by atoms with Crippen LogP contribution in [0.4, 0.5) is 47.3 Å². The van der Waals surface area contributed by atoms with E-state index in [0.29, 0.717) is 22.7 Å². The number of benzene rings is 2. The van der Waals surface area contributed by atoms with Crippen LogP contribution in [-0.4, -0.2) is 103 Å². The number of nitrogens with one attached hydrogen (secondary N) is 2. The Labute approximate surface area is 376 Å². The molecule has 4 aromatic heterocycles. The Balaban J connectivity index is 0.000000196. The molecule has 14 nitrogen and oxygen atoms in total. The lowest BCUT2D eigenvalue weighted by Gasteiger charge is -2.19. The number of rotatable bonds is 8. The molecule has 2 aliphatic rings. The summed E-state index contributed by atoms with van der Waals surface area (Å²) in [7, 11) is 0. The number of pyridine rings is 2. The van der Waals surface area contributed by atoms with Crippen molar-refractivity contribution in [3.8, 4) is 22.3 Å². The summed E-state index contributed by atoms with van der Waals surface area (Å²) < 4.78 is 82.7. The Bertz CT molecular complexity index is 2580. The number of aromatic nitrogens is 6. The standard InChI is InChI=1S/2C23H24F3N5O2/c2*1-4-20-27-11-15-9-19(14(3)28-21(15)30-20)18-10-16(6-5-13(18)2)29-22(32)31-8-7-17(12-31)33-23(24,25)26/h2*5-6,9-11,17H,4,7-8,12H2,1-3H3,(H,29,32)/t2*17-/m10/s1. The molecule has 0 bridgehead atoms. The van der Waals surface area contributed by atoms with Gasteiger partial charge in [-0.3, -0.25) is 9.47 Å². The first-order valence-electron chi connectivity index (χ1n) is 21.3. The molecule has 6 heterocycles. The summed E-state index contributed by atoms with van der Waals surface area (Å²) in [5.74, 6) is 1.46. The zero-order valence-electron chi connectivity index (χ0n) is 37.1. The molecule has 0 spiro atoms. The van der Waals surface area contributed by atoms with Crippen LogP contribution in [0.2, 0.25) is 0 Å². The van der Waals surface area contributed by atoms with E-state index in [4.69, 9.17) is 0 Å². The van der Waals surface area contributed by atoms with Gasteiger partial charge in [-0.1, -0.05) is 26.0 Å². The van der Waals surface area contributed by atoms with Crippen LogP contribution in [0.15, 0.2) is 60.9 Å². The number of likely N-dealkylation sites (tertiary alicyclic amines) is 2. The third-order valence-corrected chi connectivity index (χ3v) is 11.3. The number of carbonyl (C=O) groups excluding carboxylic acids is 2. The van der Waals surface area contributed by atoms with E-state index in [-0.39, 0.29) is 39.0 Å². The highest BCUT2D eigenvalue weighted by Gasteiger charge is 2.39. The molecule has 2 atom stereocenters. The van der Waals surface area contributed by atoms with Crippen molar-refractivity contribution in [3.63, 3.8) is 0 Å². The number of carbonyl (C=O) groups is 2. The maximum Gasteiger partial charge on any atom is 0.522 e. The smallest absolute Gasteiger partial charge is 0.322 e. The summed E-state index contributed by atoms with van der Waals surface area (Å²) in [5, 5.41) is 7.19. The van der Waals surface area contributed by atoms with Gasteiger partial charge in [-0.25, -0.2) is 39.5 Å². The molecule has 2 saturated heterocycles. The topological polar surface area (TPSA) is 160 Å². The molecule has 0 saturated carbocycles. The molecule has 0 aliphatic carbocycles. The van der Waals surface area contributed by atoms with Gasteiger partial charge in [0.05, 0.1) is 12.2 Å². The second kappa shape index (κ2) is 19.5. The number of anilines is 2. The van der Waals surface area contributed by atoms with Crippen LogP contribution in [0.1, 0.15) is 60.9 Å². The van der Waals surface area contributed by atoms with Crippen molar-refractivity contribution in [3.05, 3.63) is 95.1 Å².